The Labute approximate surface area is 106 Å². The van der Waals surface area contributed by atoms with E-state index in [0.29, 0.717) is 5.88 Å². The van der Waals surface area contributed by atoms with Crippen molar-refractivity contribution < 1.29 is 14.3 Å². The molecule has 0 atom stereocenters. The van der Waals surface area contributed by atoms with E-state index in [1.807, 2.05) is 0 Å². The minimum absolute atomic E-state index is 0.180. The number of likely N-dealkylation sites (tertiary alicyclic amines) is 1. The molecule has 1 aliphatic heterocycles. The minimum atomic E-state index is -0.492. The number of nitrogens with zero attached hydrogens (tertiary/aromatic N) is 3. The quantitative estimate of drug-likeness (QED) is 0.738. The van der Waals surface area contributed by atoms with Gasteiger partial charge in [0.05, 0.1) is 19.5 Å². The fraction of sp³-hybridized carbons (Fsp3) is 0.583. The average Bonchev–Trinajstić information content (AvgIpc) is 2.41. The van der Waals surface area contributed by atoms with Crippen molar-refractivity contribution in [3.63, 3.8) is 0 Å². The number of carbonyl (C=O) groups is 1. The molecule has 0 radical (unpaired) electrons. The van der Waals surface area contributed by atoms with E-state index in [0.717, 1.165) is 25.9 Å². The Morgan fingerprint density at radius 1 is 1.33 bits per heavy atom. The molecule has 0 unspecified atom stereocenters. The Morgan fingerprint density at radius 3 is 2.61 bits per heavy atom. The van der Waals surface area contributed by atoms with Crippen molar-refractivity contribution >= 4 is 5.97 Å². The Balaban J connectivity index is 1.92. The monoisotopic (exact) mass is 251 g/mol. The third kappa shape index (κ3) is 3.16. The molecule has 0 aromatic carbocycles. The number of esters is 1. The van der Waals surface area contributed by atoms with Gasteiger partial charge in [0.25, 0.3) is 0 Å². The summed E-state index contributed by atoms with van der Waals surface area (Å²) >= 11 is 0. The van der Waals surface area contributed by atoms with E-state index in [4.69, 9.17) is 4.74 Å². The Bertz CT molecular complexity index is 400. The van der Waals surface area contributed by atoms with Crippen LogP contribution >= 0.6 is 0 Å². The van der Waals surface area contributed by atoms with Gasteiger partial charge in [-0.15, -0.1) is 0 Å². The highest BCUT2D eigenvalue weighted by Gasteiger charge is 2.18. The summed E-state index contributed by atoms with van der Waals surface area (Å²) in [5, 5.41) is 0. The highest BCUT2D eigenvalue weighted by atomic mass is 16.5. The number of ether oxygens (including phenoxy) is 2. The summed E-state index contributed by atoms with van der Waals surface area (Å²) in [6.45, 7) is 2.05. The van der Waals surface area contributed by atoms with Crippen molar-refractivity contribution in [2.24, 2.45) is 0 Å². The molecular weight excluding hydrogens is 234 g/mol. The van der Waals surface area contributed by atoms with Crippen LogP contribution in [0.1, 0.15) is 23.3 Å². The van der Waals surface area contributed by atoms with Crippen molar-refractivity contribution in [3.8, 4) is 5.88 Å². The zero-order chi connectivity index (χ0) is 13.0. The summed E-state index contributed by atoms with van der Waals surface area (Å²) in [5.41, 5.74) is 0.188. The Kier molecular flexibility index (Phi) is 4.09. The van der Waals surface area contributed by atoms with E-state index in [1.165, 1.54) is 19.5 Å². The van der Waals surface area contributed by atoms with Gasteiger partial charge in [-0.2, -0.15) is 0 Å². The number of carbonyl (C=O) groups excluding carboxylic acids is 1. The van der Waals surface area contributed by atoms with Gasteiger partial charge in [0, 0.05) is 13.1 Å². The van der Waals surface area contributed by atoms with E-state index in [1.54, 1.807) is 0 Å². The smallest absolute Gasteiger partial charge is 0.358 e. The summed E-state index contributed by atoms with van der Waals surface area (Å²) < 4.78 is 10.3. The topological polar surface area (TPSA) is 64.6 Å². The standard InChI is InChI=1S/C12H17N3O3/c1-15-5-3-9(4-6-15)18-11-8-13-10(7-14-11)12(16)17-2/h7-9H,3-6H2,1-2H3. The molecule has 0 saturated carbocycles. The van der Waals surface area contributed by atoms with Gasteiger partial charge in [0.1, 0.15) is 6.10 Å². The van der Waals surface area contributed by atoms with Crippen molar-refractivity contribution in [2.45, 2.75) is 18.9 Å². The summed E-state index contributed by atoms with van der Waals surface area (Å²) in [6.07, 6.45) is 4.98. The van der Waals surface area contributed by atoms with Crippen LogP contribution in [0.5, 0.6) is 5.88 Å². The summed E-state index contributed by atoms with van der Waals surface area (Å²) in [7, 11) is 3.41. The average molecular weight is 251 g/mol. The van der Waals surface area contributed by atoms with Crippen LogP contribution in [0.2, 0.25) is 0 Å². The number of aromatic nitrogens is 2. The summed E-state index contributed by atoms with van der Waals surface area (Å²) in [4.78, 5) is 21.5. The highest BCUT2D eigenvalue weighted by molar-refractivity contribution is 5.86. The predicted molar refractivity (Wildman–Crippen MR) is 64.5 cm³/mol. The molecule has 1 fully saturated rings. The van der Waals surface area contributed by atoms with Gasteiger partial charge in [0.15, 0.2) is 5.69 Å². The molecular formula is C12H17N3O3. The lowest BCUT2D eigenvalue weighted by atomic mass is 10.1. The molecule has 6 nitrogen and oxygen atoms in total. The summed E-state index contributed by atoms with van der Waals surface area (Å²) in [5.74, 6) is -0.0365. The fourth-order valence-corrected chi connectivity index (χ4v) is 1.86. The largest absolute Gasteiger partial charge is 0.473 e. The molecule has 6 heteroatoms. The van der Waals surface area contributed by atoms with Crippen molar-refractivity contribution in [2.75, 3.05) is 27.2 Å². The Morgan fingerprint density at radius 2 is 2.06 bits per heavy atom. The number of piperidine rings is 1. The van der Waals surface area contributed by atoms with Gasteiger partial charge in [-0.1, -0.05) is 0 Å². The lowest BCUT2D eigenvalue weighted by Gasteiger charge is -2.28. The number of hydrogen-bond donors (Lipinski definition) is 0. The lowest BCUT2D eigenvalue weighted by Crippen LogP contribution is -2.35. The minimum Gasteiger partial charge on any atom is -0.473 e. The van der Waals surface area contributed by atoms with Crippen LogP contribution in [-0.2, 0) is 4.74 Å². The zero-order valence-corrected chi connectivity index (χ0v) is 10.6. The van der Waals surface area contributed by atoms with Crippen molar-refractivity contribution in [1.82, 2.24) is 14.9 Å². The van der Waals surface area contributed by atoms with Crippen LogP contribution in [0.25, 0.3) is 0 Å². The lowest BCUT2D eigenvalue weighted by molar-refractivity contribution is 0.0593. The highest BCUT2D eigenvalue weighted by Crippen LogP contribution is 2.15. The first-order valence-electron chi connectivity index (χ1n) is 5.94. The van der Waals surface area contributed by atoms with Crippen molar-refractivity contribution in [1.29, 1.82) is 0 Å². The second-order valence-electron chi connectivity index (χ2n) is 4.35. The van der Waals surface area contributed by atoms with Crippen molar-refractivity contribution in [3.05, 3.63) is 18.1 Å². The van der Waals surface area contributed by atoms with Crippen LogP contribution in [0, 0.1) is 0 Å². The maximum atomic E-state index is 11.2. The molecule has 0 amide bonds. The van der Waals surface area contributed by atoms with E-state index in [-0.39, 0.29) is 11.8 Å². The molecule has 0 spiro atoms. The van der Waals surface area contributed by atoms with Crippen LogP contribution in [-0.4, -0.2) is 54.2 Å². The molecule has 1 aliphatic rings. The van der Waals surface area contributed by atoms with Crippen LogP contribution < -0.4 is 4.74 Å². The van der Waals surface area contributed by atoms with E-state index >= 15 is 0 Å². The van der Waals surface area contributed by atoms with Gasteiger partial charge < -0.3 is 14.4 Å². The SMILES string of the molecule is COC(=O)c1cnc(OC2CCN(C)CC2)cn1. The first-order valence-corrected chi connectivity index (χ1v) is 5.94. The maximum absolute atomic E-state index is 11.2. The molecule has 0 aliphatic carbocycles. The first-order chi connectivity index (χ1) is 8.69. The fourth-order valence-electron chi connectivity index (χ4n) is 1.86. The maximum Gasteiger partial charge on any atom is 0.358 e. The molecule has 2 heterocycles. The second-order valence-corrected chi connectivity index (χ2v) is 4.35. The van der Waals surface area contributed by atoms with Gasteiger partial charge in [-0.3, -0.25) is 0 Å². The molecule has 1 saturated heterocycles. The number of hydrogen-bond acceptors (Lipinski definition) is 6. The Hall–Kier alpha value is -1.69. The van der Waals surface area contributed by atoms with Gasteiger partial charge >= 0.3 is 5.97 Å². The molecule has 1 aromatic heterocycles. The van der Waals surface area contributed by atoms with Crippen LogP contribution in [0.15, 0.2) is 12.4 Å². The third-order valence-corrected chi connectivity index (χ3v) is 2.98. The predicted octanol–water partition coefficient (Wildman–Crippen LogP) is 0.736. The zero-order valence-electron chi connectivity index (χ0n) is 10.6. The van der Waals surface area contributed by atoms with Crippen LogP contribution in [0.4, 0.5) is 0 Å². The van der Waals surface area contributed by atoms with Crippen LogP contribution in [0.3, 0.4) is 0 Å². The molecule has 0 N–H and O–H groups in total. The molecule has 1 aromatic rings. The molecule has 2 rings (SSSR count). The third-order valence-electron chi connectivity index (χ3n) is 2.98. The molecule has 18 heavy (non-hydrogen) atoms. The normalized spacial score (nSPS) is 17.4. The van der Waals surface area contributed by atoms with Gasteiger partial charge in [-0.25, -0.2) is 14.8 Å². The van der Waals surface area contributed by atoms with E-state index < -0.39 is 5.97 Å². The first kappa shape index (κ1) is 12.8. The van der Waals surface area contributed by atoms with E-state index in [9.17, 15) is 4.79 Å². The number of methoxy groups -OCH3 is 1. The second kappa shape index (κ2) is 5.77. The number of rotatable bonds is 3. The van der Waals surface area contributed by atoms with Gasteiger partial charge in [0.2, 0.25) is 5.88 Å². The molecule has 98 valence electrons. The van der Waals surface area contributed by atoms with E-state index in [2.05, 4.69) is 26.7 Å². The summed E-state index contributed by atoms with van der Waals surface area (Å²) in [6, 6.07) is 0. The molecule has 0 bridgehead atoms. The van der Waals surface area contributed by atoms with Gasteiger partial charge in [-0.05, 0) is 19.9 Å².